The lowest BCUT2D eigenvalue weighted by Crippen LogP contribution is -2.12. The summed E-state index contributed by atoms with van der Waals surface area (Å²) < 4.78 is 16.5. The number of nitrogens with one attached hydrogen (secondary N) is 1. The number of ether oxygens (including phenoxy) is 3. The molecule has 0 saturated heterocycles. The molecule has 1 aliphatic rings. The molecule has 0 bridgehead atoms. The lowest BCUT2D eigenvalue weighted by Gasteiger charge is -2.25. The number of benzene rings is 2. The highest BCUT2D eigenvalue weighted by atomic mass is 16.5. The van der Waals surface area contributed by atoms with Gasteiger partial charge in [-0.05, 0) is 23.6 Å². The van der Waals surface area contributed by atoms with E-state index in [1.165, 1.54) is 0 Å². The van der Waals surface area contributed by atoms with Gasteiger partial charge in [0, 0.05) is 29.3 Å². The number of carbonyl (C=O) groups excluding carboxylic acids is 1. The van der Waals surface area contributed by atoms with E-state index in [0.29, 0.717) is 29.4 Å². The van der Waals surface area contributed by atoms with E-state index in [1.54, 1.807) is 32.6 Å². The van der Waals surface area contributed by atoms with Crippen LogP contribution in [0.15, 0.2) is 42.7 Å². The molecule has 0 spiro atoms. The van der Waals surface area contributed by atoms with Gasteiger partial charge in [-0.3, -0.25) is 0 Å². The Labute approximate surface area is 165 Å². The average Bonchev–Trinajstić information content (AvgIpc) is 2.72. The van der Waals surface area contributed by atoms with Gasteiger partial charge in [-0.15, -0.1) is 0 Å². The fourth-order valence-electron chi connectivity index (χ4n) is 3.48. The molecule has 5 heteroatoms. The van der Waals surface area contributed by atoms with Crippen molar-refractivity contribution >= 4 is 17.6 Å². The summed E-state index contributed by atoms with van der Waals surface area (Å²) in [6.07, 6.45) is 4.92. The zero-order chi connectivity index (χ0) is 20.1. The van der Waals surface area contributed by atoms with Gasteiger partial charge in [-0.1, -0.05) is 37.6 Å². The summed E-state index contributed by atoms with van der Waals surface area (Å²) in [5, 5.41) is 8.08. The van der Waals surface area contributed by atoms with Crippen LogP contribution in [-0.2, 0) is 11.2 Å². The van der Waals surface area contributed by atoms with E-state index in [-0.39, 0.29) is 0 Å². The lowest BCUT2D eigenvalue weighted by molar-refractivity contribution is -0.108. The first kappa shape index (κ1) is 19.7. The maximum Gasteiger partial charge on any atom is 0.164 e. The van der Waals surface area contributed by atoms with Gasteiger partial charge in [0.1, 0.15) is 12.0 Å². The standard InChI is InChI=1S/C23H25NO4/c1-4-6-17(24)10-15-7-5-8-16(9-15)20-14-28-21-12-23(27-3)22(26-2)11-18(21)19(20)13-25/h5,7-9,11-14,19,24H,4,6,10H2,1-3H3. The van der Waals surface area contributed by atoms with Gasteiger partial charge in [0.05, 0.1) is 26.4 Å². The van der Waals surface area contributed by atoms with Crippen molar-refractivity contribution in [3.05, 3.63) is 59.4 Å². The number of carbonyl (C=O) groups is 1. The second kappa shape index (κ2) is 8.74. The van der Waals surface area contributed by atoms with Crippen molar-refractivity contribution in [2.45, 2.75) is 32.1 Å². The smallest absolute Gasteiger partial charge is 0.164 e. The summed E-state index contributed by atoms with van der Waals surface area (Å²) in [4.78, 5) is 12.0. The van der Waals surface area contributed by atoms with E-state index >= 15 is 0 Å². The van der Waals surface area contributed by atoms with Crippen LogP contribution in [0.1, 0.15) is 42.4 Å². The fourth-order valence-corrected chi connectivity index (χ4v) is 3.48. The predicted octanol–water partition coefficient (Wildman–Crippen LogP) is 4.78. The van der Waals surface area contributed by atoms with Crippen molar-refractivity contribution in [1.82, 2.24) is 0 Å². The Bertz CT molecular complexity index is 917. The molecule has 1 N–H and O–H groups in total. The monoisotopic (exact) mass is 379 g/mol. The molecule has 146 valence electrons. The molecule has 1 aliphatic heterocycles. The molecule has 5 nitrogen and oxygen atoms in total. The topological polar surface area (TPSA) is 68.6 Å². The van der Waals surface area contributed by atoms with Crippen LogP contribution in [0.2, 0.25) is 0 Å². The minimum absolute atomic E-state index is 0.464. The van der Waals surface area contributed by atoms with Crippen LogP contribution in [-0.4, -0.2) is 26.2 Å². The number of hydrogen-bond acceptors (Lipinski definition) is 5. The largest absolute Gasteiger partial charge is 0.493 e. The molecule has 0 saturated carbocycles. The Hall–Kier alpha value is -3.08. The first-order valence-electron chi connectivity index (χ1n) is 9.34. The number of aldehydes is 1. The van der Waals surface area contributed by atoms with Gasteiger partial charge in [0.2, 0.25) is 0 Å². The highest BCUT2D eigenvalue weighted by Gasteiger charge is 2.28. The Morgan fingerprint density at radius 3 is 2.61 bits per heavy atom. The van der Waals surface area contributed by atoms with E-state index in [2.05, 4.69) is 6.92 Å². The molecule has 0 amide bonds. The Morgan fingerprint density at radius 2 is 1.93 bits per heavy atom. The normalized spacial score (nSPS) is 15.1. The van der Waals surface area contributed by atoms with E-state index in [9.17, 15) is 4.79 Å². The van der Waals surface area contributed by atoms with Gasteiger partial charge in [-0.25, -0.2) is 0 Å². The SMILES string of the molecule is CCCC(=N)Cc1cccc(C2=COc3cc(OC)c(OC)cc3C2C=O)c1. The third-order valence-electron chi connectivity index (χ3n) is 4.86. The van der Waals surface area contributed by atoms with Crippen LogP contribution in [0, 0.1) is 5.41 Å². The minimum atomic E-state index is -0.464. The molecule has 1 atom stereocenters. The lowest BCUT2D eigenvalue weighted by atomic mass is 9.85. The number of fused-ring (bicyclic) bond motifs is 1. The van der Waals surface area contributed by atoms with Crippen LogP contribution in [0.4, 0.5) is 0 Å². The zero-order valence-corrected chi connectivity index (χ0v) is 16.5. The van der Waals surface area contributed by atoms with Gasteiger partial charge in [-0.2, -0.15) is 0 Å². The van der Waals surface area contributed by atoms with E-state index < -0.39 is 5.92 Å². The van der Waals surface area contributed by atoms with Gasteiger partial charge in [0.15, 0.2) is 11.5 Å². The molecule has 0 radical (unpaired) electrons. The molecule has 2 aromatic carbocycles. The summed E-state index contributed by atoms with van der Waals surface area (Å²) in [6.45, 7) is 2.07. The second-order valence-corrected chi connectivity index (χ2v) is 6.78. The number of methoxy groups -OCH3 is 2. The van der Waals surface area contributed by atoms with Crippen molar-refractivity contribution in [3.63, 3.8) is 0 Å². The van der Waals surface area contributed by atoms with Crippen LogP contribution < -0.4 is 14.2 Å². The van der Waals surface area contributed by atoms with E-state index in [4.69, 9.17) is 19.6 Å². The Kier molecular flexibility index (Phi) is 6.14. The first-order valence-corrected chi connectivity index (χ1v) is 9.34. The van der Waals surface area contributed by atoms with Crippen LogP contribution >= 0.6 is 0 Å². The summed E-state index contributed by atoms with van der Waals surface area (Å²) in [7, 11) is 3.13. The van der Waals surface area contributed by atoms with Gasteiger partial charge >= 0.3 is 0 Å². The molecule has 2 aromatic rings. The van der Waals surface area contributed by atoms with Crippen LogP contribution in [0.5, 0.6) is 17.2 Å². The summed E-state index contributed by atoms with van der Waals surface area (Å²) in [6, 6.07) is 11.5. The molecule has 3 rings (SSSR count). The van der Waals surface area contributed by atoms with Crippen molar-refractivity contribution < 1.29 is 19.0 Å². The summed E-state index contributed by atoms with van der Waals surface area (Å²) in [5.41, 5.74) is 4.22. The maximum atomic E-state index is 12.0. The van der Waals surface area contributed by atoms with Crippen LogP contribution in [0.25, 0.3) is 5.57 Å². The van der Waals surface area contributed by atoms with E-state index in [1.807, 2.05) is 24.3 Å². The van der Waals surface area contributed by atoms with Crippen molar-refractivity contribution in [2.75, 3.05) is 14.2 Å². The first-order chi connectivity index (χ1) is 13.6. The summed E-state index contributed by atoms with van der Waals surface area (Å²) in [5.74, 6) is 1.23. The Balaban J connectivity index is 1.96. The molecule has 28 heavy (non-hydrogen) atoms. The van der Waals surface area contributed by atoms with E-state index in [0.717, 1.165) is 41.4 Å². The van der Waals surface area contributed by atoms with Gasteiger partial charge < -0.3 is 24.4 Å². The number of rotatable bonds is 8. The molecule has 0 aliphatic carbocycles. The molecular weight excluding hydrogens is 354 g/mol. The maximum absolute atomic E-state index is 12.0. The molecule has 0 fully saturated rings. The van der Waals surface area contributed by atoms with Crippen molar-refractivity contribution in [1.29, 1.82) is 5.41 Å². The third-order valence-corrected chi connectivity index (χ3v) is 4.86. The highest BCUT2D eigenvalue weighted by molar-refractivity contribution is 5.89. The van der Waals surface area contributed by atoms with Crippen molar-refractivity contribution in [2.24, 2.45) is 0 Å². The summed E-state index contributed by atoms with van der Waals surface area (Å²) >= 11 is 0. The van der Waals surface area contributed by atoms with Crippen molar-refractivity contribution in [3.8, 4) is 17.2 Å². The zero-order valence-electron chi connectivity index (χ0n) is 16.5. The van der Waals surface area contributed by atoms with Crippen LogP contribution in [0.3, 0.4) is 0 Å². The molecule has 0 aromatic heterocycles. The molecule has 1 heterocycles. The number of allylic oxidation sites excluding steroid dienone is 1. The molecule has 1 unspecified atom stereocenters. The second-order valence-electron chi connectivity index (χ2n) is 6.78. The quantitative estimate of drug-likeness (QED) is 0.529. The average molecular weight is 379 g/mol. The number of hydrogen-bond donors (Lipinski definition) is 1. The predicted molar refractivity (Wildman–Crippen MR) is 110 cm³/mol. The molecular formula is C23H25NO4. The third kappa shape index (κ3) is 3.93. The fraction of sp³-hybridized carbons (Fsp3) is 0.304. The minimum Gasteiger partial charge on any atom is -0.493 e. The highest BCUT2D eigenvalue weighted by Crippen LogP contribution is 2.45. The Morgan fingerprint density at radius 1 is 1.18 bits per heavy atom. The van der Waals surface area contributed by atoms with Gasteiger partial charge in [0.25, 0.3) is 0 Å².